The Morgan fingerprint density at radius 3 is 2.35 bits per heavy atom. The molecule has 11 heteroatoms. The highest BCUT2D eigenvalue weighted by atomic mass is 19.1. The molecule has 1 aromatic heterocycles. The van der Waals surface area contributed by atoms with Gasteiger partial charge in [0.25, 0.3) is 5.91 Å². The number of aryl methyl sites for hydroxylation is 1. The highest BCUT2D eigenvalue weighted by Gasteiger charge is 2.40. The summed E-state index contributed by atoms with van der Waals surface area (Å²) in [5.74, 6) is -4.11. The zero-order valence-corrected chi connectivity index (χ0v) is 17.2. The van der Waals surface area contributed by atoms with E-state index < -0.39 is 60.5 Å². The van der Waals surface area contributed by atoms with Crippen molar-refractivity contribution in [3.8, 4) is 0 Å². The molecule has 5 N–H and O–H groups in total. The first-order valence-electron chi connectivity index (χ1n) is 9.40. The van der Waals surface area contributed by atoms with Crippen LogP contribution in [0.5, 0.6) is 0 Å². The second kappa shape index (κ2) is 9.40. The summed E-state index contributed by atoms with van der Waals surface area (Å²) in [6.45, 7) is 1.56. The van der Waals surface area contributed by atoms with Crippen LogP contribution in [0.15, 0.2) is 24.3 Å². The number of nitrogens with one attached hydrogen (secondary N) is 2. The molecule has 0 bridgehead atoms. The zero-order valence-electron chi connectivity index (χ0n) is 17.2. The van der Waals surface area contributed by atoms with Gasteiger partial charge >= 0.3 is 11.9 Å². The van der Waals surface area contributed by atoms with Crippen molar-refractivity contribution in [1.29, 1.82) is 0 Å². The number of carboxylic acids is 2. The van der Waals surface area contributed by atoms with Gasteiger partial charge in [-0.15, -0.1) is 0 Å². The number of carbonyl (C=O) groups excluding carboxylic acids is 1. The summed E-state index contributed by atoms with van der Waals surface area (Å²) in [5.41, 5.74) is -0.871. The lowest BCUT2D eigenvalue weighted by atomic mass is 9.92. The van der Waals surface area contributed by atoms with Crippen molar-refractivity contribution in [2.24, 2.45) is 7.05 Å². The Bertz CT molecular complexity index is 991. The van der Waals surface area contributed by atoms with Gasteiger partial charge in [0.15, 0.2) is 0 Å². The van der Waals surface area contributed by atoms with Gasteiger partial charge in [-0.3, -0.25) is 14.9 Å². The normalized spacial score (nSPS) is 14.8. The number of halogens is 2. The van der Waals surface area contributed by atoms with Gasteiger partial charge in [0.05, 0.1) is 6.10 Å². The number of carboxylic acid groups (broad SMARTS) is 2. The number of hydrogen-bond donors (Lipinski definition) is 5. The Balaban J connectivity index is 2.28. The van der Waals surface area contributed by atoms with E-state index >= 15 is 0 Å². The van der Waals surface area contributed by atoms with Gasteiger partial charge in [-0.1, -0.05) is 0 Å². The van der Waals surface area contributed by atoms with Crippen LogP contribution in [0.1, 0.15) is 30.8 Å². The number of alkyl halides is 1. The van der Waals surface area contributed by atoms with Crippen LogP contribution in [0.4, 0.5) is 8.78 Å². The fourth-order valence-electron chi connectivity index (χ4n) is 3.38. The third-order valence-corrected chi connectivity index (χ3v) is 5.01. The lowest BCUT2D eigenvalue weighted by Gasteiger charge is -2.35. The van der Waals surface area contributed by atoms with E-state index in [-0.39, 0.29) is 5.69 Å². The highest BCUT2D eigenvalue weighted by molar-refractivity contribution is 6.00. The van der Waals surface area contributed by atoms with E-state index in [1.54, 1.807) is 7.05 Å². The summed E-state index contributed by atoms with van der Waals surface area (Å²) < 4.78 is 27.5. The summed E-state index contributed by atoms with van der Waals surface area (Å²) in [6, 6.07) is 2.31. The molecule has 0 aliphatic carbocycles. The summed E-state index contributed by atoms with van der Waals surface area (Å²) in [5, 5.41) is 33.8. The average molecular weight is 441 g/mol. The monoisotopic (exact) mass is 441 g/mol. The summed E-state index contributed by atoms with van der Waals surface area (Å²) in [4.78, 5) is 36.2. The fourth-order valence-corrected chi connectivity index (χ4v) is 3.38. The highest BCUT2D eigenvalue weighted by Crippen LogP contribution is 2.21. The van der Waals surface area contributed by atoms with Crippen molar-refractivity contribution in [3.05, 3.63) is 35.8 Å². The number of nitrogens with zero attached hydrogens (tertiary/aromatic N) is 1. The Hall–Kier alpha value is -3.05. The lowest BCUT2D eigenvalue weighted by molar-refractivity contribution is -0.145. The van der Waals surface area contributed by atoms with E-state index in [1.165, 1.54) is 42.7 Å². The summed E-state index contributed by atoms with van der Waals surface area (Å²) >= 11 is 0. The summed E-state index contributed by atoms with van der Waals surface area (Å²) in [6.07, 6.45) is -2.04. The number of aliphatic hydroxyl groups is 1. The molecule has 0 saturated heterocycles. The second-order valence-electron chi connectivity index (χ2n) is 7.84. The predicted octanol–water partition coefficient (Wildman–Crippen LogP) is 1.04. The van der Waals surface area contributed by atoms with Crippen LogP contribution in [-0.2, 0) is 16.6 Å². The topological polar surface area (TPSA) is 141 Å². The van der Waals surface area contributed by atoms with Crippen LogP contribution < -0.4 is 10.6 Å². The first-order chi connectivity index (χ1) is 14.4. The molecule has 2 aromatic rings. The molecular formula is C20H25F2N3O6. The van der Waals surface area contributed by atoms with Crippen LogP contribution in [0.25, 0.3) is 10.9 Å². The minimum atomic E-state index is -1.58. The van der Waals surface area contributed by atoms with Gasteiger partial charge in [0, 0.05) is 29.9 Å². The van der Waals surface area contributed by atoms with Crippen LogP contribution >= 0.6 is 0 Å². The number of aliphatic carboxylic acids is 2. The number of amides is 1. The molecular weight excluding hydrogens is 416 g/mol. The smallest absolute Gasteiger partial charge is 0.328 e. The third kappa shape index (κ3) is 5.56. The van der Waals surface area contributed by atoms with E-state index in [9.17, 15) is 38.5 Å². The Morgan fingerprint density at radius 1 is 1.16 bits per heavy atom. The number of fused-ring (bicyclic) bond motifs is 1. The number of aliphatic hydroxyl groups excluding tert-OH is 1. The van der Waals surface area contributed by atoms with Gasteiger partial charge in [0.2, 0.25) is 0 Å². The van der Waals surface area contributed by atoms with Crippen molar-refractivity contribution in [2.75, 3.05) is 6.67 Å². The van der Waals surface area contributed by atoms with E-state index in [2.05, 4.69) is 10.6 Å². The van der Waals surface area contributed by atoms with Gasteiger partial charge in [-0.25, -0.2) is 13.6 Å². The Kier molecular flexibility index (Phi) is 7.34. The third-order valence-electron chi connectivity index (χ3n) is 5.01. The molecule has 0 radical (unpaired) electrons. The van der Waals surface area contributed by atoms with E-state index in [0.717, 1.165) is 0 Å². The molecule has 0 spiro atoms. The first kappa shape index (κ1) is 24.2. The number of rotatable bonds is 10. The maximum atomic E-state index is 13.5. The molecule has 1 aromatic carbocycles. The second-order valence-corrected chi connectivity index (χ2v) is 7.84. The Labute approximate surface area is 176 Å². The molecule has 0 aliphatic rings. The fraction of sp³-hybridized carbons (Fsp3) is 0.450. The molecule has 0 saturated carbocycles. The van der Waals surface area contributed by atoms with Crippen molar-refractivity contribution < 1.29 is 38.5 Å². The maximum absolute atomic E-state index is 13.5. The lowest BCUT2D eigenvalue weighted by Crippen LogP contribution is -2.64. The quantitative estimate of drug-likeness (QED) is 0.371. The first-order valence-corrected chi connectivity index (χ1v) is 9.40. The van der Waals surface area contributed by atoms with Gasteiger partial charge in [-0.2, -0.15) is 0 Å². The number of benzene rings is 1. The van der Waals surface area contributed by atoms with E-state index in [1.807, 2.05) is 0 Å². The molecule has 31 heavy (non-hydrogen) atoms. The molecule has 0 aliphatic heterocycles. The maximum Gasteiger partial charge on any atom is 0.328 e. The number of carbonyl (C=O) groups is 3. The van der Waals surface area contributed by atoms with E-state index in [0.29, 0.717) is 10.9 Å². The minimum Gasteiger partial charge on any atom is -0.480 e. The standard InChI is InChI=1S/C20H25F2N3O6/c1-20(2,24-13(18(28)29)8-12(26)9-21)16(19(30)31)23-17(27)15-7-10-6-11(22)4-5-14(10)25(15)3/h4-7,12-13,16,24,26H,8-9H2,1-3H3,(H,23,27)(H,28,29)(H,30,31)/t12?,13?,16-/m1/s1. The molecule has 9 nitrogen and oxygen atoms in total. The van der Waals surface area contributed by atoms with Crippen LogP contribution in [0.2, 0.25) is 0 Å². The molecule has 2 rings (SSSR count). The van der Waals surface area contributed by atoms with E-state index in [4.69, 9.17) is 0 Å². The van der Waals surface area contributed by atoms with Crippen LogP contribution in [0.3, 0.4) is 0 Å². The molecule has 1 heterocycles. The molecule has 2 unspecified atom stereocenters. The number of hydrogen-bond acceptors (Lipinski definition) is 5. The predicted molar refractivity (Wildman–Crippen MR) is 107 cm³/mol. The Morgan fingerprint density at radius 2 is 1.81 bits per heavy atom. The zero-order chi connectivity index (χ0) is 23.5. The molecule has 170 valence electrons. The molecule has 3 atom stereocenters. The molecule has 1 amide bonds. The largest absolute Gasteiger partial charge is 0.480 e. The van der Waals surface area contributed by atoms with Gasteiger partial charge in [0.1, 0.15) is 30.3 Å². The molecule has 0 fully saturated rings. The van der Waals surface area contributed by atoms with Gasteiger partial charge in [-0.05, 0) is 38.1 Å². The van der Waals surface area contributed by atoms with Crippen molar-refractivity contribution in [2.45, 2.75) is 44.0 Å². The van der Waals surface area contributed by atoms with Gasteiger partial charge < -0.3 is 25.2 Å². The number of aromatic nitrogens is 1. The summed E-state index contributed by atoms with van der Waals surface area (Å²) in [7, 11) is 1.56. The minimum absolute atomic E-state index is 0.0743. The van der Waals surface area contributed by atoms with Crippen molar-refractivity contribution in [3.63, 3.8) is 0 Å². The average Bonchev–Trinajstić information content (AvgIpc) is 3.00. The van der Waals surface area contributed by atoms with Crippen molar-refractivity contribution >= 4 is 28.7 Å². The SMILES string of the molecule is Cn1c(C(=O)N[C@H](C(=O)O)C(C)(C)NC(CC(O)CF)C(=O)O)cc2cc(F)ccc21. The van der Waals surface area contributed by atoms with Crippen molar-refractivity contribution in [1.82, 2.24) is 15.2 Å². The van der Waals surface area contributed by atoms with Crippen LogP contribution in [-0.4, -0.2) is 68.1 Å². The van der Waals surface area contributed by atoms with Crippen LogP contribution in [0, 0.1) is 5.82 Å².